The largest absolute Gasteiger partial charge is 0.504 e. The van der Waals surface area contributed by atoms with E-state index in [0.717, 1.165) is 17.1 Å². The second-order valence-corrected chi connectivity index (χ2v) is 6.67. The molecule has 0 aromatic heterocycles. The standard InChI is InChI=1S/C21H19N3O7/c1-3-5-17-16(10-13-9-15(24(29)30)11-18(31-2)19(13)25)20(26)23(22-17)14-7-4-6-12(8-14)21(27)28/h4,6-11,25H,3,5H2,1-2H3,(H,27,28)/b16-10+. The SMILES string of the molecule is CCCC1=NN(c2cccc(C(=O)O)c2)C(=O)/C1=C/c1cc([N+](=O)[O-])cc(OC)c1O. The molecule has 1 amide bonds. The lowest BCUT2D eigenvalue weighted by Gasteiger charge is -2.12. The van der Waals surface area contributed by atoms with E-state index in [1.165, 1.54) is 31.4 Å². The summed E-state index contributed by atoms with van der Waals surface area (Å²) in [7, 11) is 1.26. The summed E-state index contributed by atoms with van der Waals surface area (Å²) in [6.45, 7) is 1.90. The number of phenolic OH excluding ortho intramolecular Hbond substituents is 1. The van der Waals surface area contributed by atoms with Crippen LogP contribution in [0.3, 0.4) is 0 Å². The molecule has 160 valence electrons. The average Bonchev–Trinajstić information content (AvgIpc) is 3.05. The summed E-state index contributed by atoms with van der Waals surface area (Å²) in [6, 6.07) is 7.99. The van der Waals surface area contributed by atoms with Crippen LogP contribution in [0.4, 0.5) is 11.4 Å². The number of phenols is 1. The number of hydrogen-bond donors (Lipinski definition) is 2. The summed E-state index contributed by atoms with van der Waals surface area (Å²) in [6.07, 6.45) is 2.42. The Morgan fingerprint density at radius 3 is 2.68 bits per heavy atom. The Kier molecular flexibility index (Phi) is 6.00. The van der Waals surface area contributed by atoms with Crippen LogP contribution in [0.2, 0.25) is 0 Å². The van der Waals surface area contributed by atoms with E-state index in [9.17, 15) is 29.9 Å². The zero-order valence-electron chi connectivity index (χ0n) is 16.7. The van der Waals surface area contributed by atoms with E-state index in [1.54, 1.807) is 6.07 Å². The fourth-order valence-corrected chi connectivity index (χ4v) is 3.11. The lowest BCUT2D eigenvalue weighted by molar-refractivity contribution is -0.385. The Balaban J connectivity index is 2.10. The summed E-state index contributed by atoms with van der Waals surface area (Å²) >= 11 is 0. The molecule has 1 aliphatic rings. The Hall–Kier alpha value is -4.21. The van der Waals surface area contributed by atoms with Gasteiger partial charge in [0, 0.05) is 11.6 Å². The zero-order valence-corrected chi connectivity index (χ0v) is 16.7. The highest BCUT2D eigenvalue weighted by atomic mass is 16.6. The molecule has 10 heteroatoms. The molecule has 2 aromatic rings. The number of carboxylic acid groups (broad SMARTS) is 1. The molecule has 0 radical (unpaired) electrons. The molecule has 0 saturated heterocycles. The Morgan fingerprint density at radius 1 is 1.32 bits per heavy atom. The van der Waals surface area contributed by atoms with Crippen molar-refractivity contribution in [2.75, 3.05) is 12.1 Å². The number of hydrazone groups is 1. The van der Waals surface area contributed by atoms with Gasteiger partial charge < -0.3 is 14.9 Å². The van der Waals surface area contributed by atoms with Crippen LogP contribution in [0.5, 0.6) is 11.5 Å². The molecule has 0 spiro atoms. The number of amides is 1. The van der Waals surface area contributed by atoms with Gasteiger partial charge in [-0.05, 0) is 30.7 Å². The third-order valence-corrected chi connectivity index (χ3v) is 4.60. The predicted molar refractivity (Wildman–Crippen MR) is 113 cm³/mol. The van der Waals surface area contributed by atoms with Crippen molar-refractivity contribution >= 4 is 35.0 Å². The van der Waals surface area contributed by atoms with E-state index in [4.69, 9.17) is 4.74 Å². The van der Waals surface area contributed by atoms with Gasteiger partial charge in [0.15, 0.2) is 11.5 Å². The van der Waals surface area contributed by atoms with E-state index in [1.807, 2.05) is 6.92 Å². The Morgan fingerprint density at radius 2 is 2.06 bits per heavy atom. The summed E-state index contributed by atoms with van der Waals surface area (Å²) in [5.41, 5.74) is 0.531. The Bertz CT molecular complexity index is 1140. The first-order chi connectivity index (χ1) is 14.8. The van der Waals surface area contributed by atoms with Gasteiger partial charge in [0.2, 0.25) is 0 Å². The maximum absolute atomic E-state index is 13.1. The summed E-state index contributed by atoms with van der Waals surface area (Å²) in [4.78, 5) is 35.0. The Labute approximate surface area is 176 Å². The van der Waals surface area contributed by atoms with E-state index in [0.29, 0.717) is 18.6 Å². The van der Waals surface area contributed by atoms with Crippen molar-refractivity contribution in [3.8, 4) is 11.5 Å². The number of nitrogens with zero attached hydrogens (tertiary/aromatic N) is 3. The van der Waals surface area contributed by atoms with Gasteiger partial charge in [-0.3, -0.25) is 14.9 Å². The number of non-ortho nitro benzene ring substituents is 1. The molecule has 0 atom stereocenters. The number of rotatable bonds is 7. The molecule has 1 aliphatic heterocycles. The summed E-state index contributed by atoms with van der Waals surface area (Å²) in [5.74, 6) is -2.14. The monoisotopic (exact) mass is 425 g/mol. The van der Waals surface area contributed by atoms with Crippen molar-refractivity contribution in [2.24, 2.45) is 5.10 Å². The van der Waals surface area contributed by atoms with Crippen molar-refractivity contribution in [3.05, 3.63) is 63.2 Å². The van der Waals surface area contributed by atoms with Crippen molar-refractivity contribution < 1.29 is 29.5 Å². The highest BCUT2D eigenvalue weighted by Gasteiger charge is 2.31. The molecular formula is C21H19N3O7. The molecule has 0 bridgehead atoms. The number of carbonyl (C=O) groups is 2. The number of anilines is 1. The van der Waals surface area contributed by atoms with Gasteiger partial charge in [-0.25, -0.2) is 4.79 Å². The molecule has 1 heterocycles. The molecule has 0 saturated carbocycles. The first-order valence-corrected chi connectivity index (χ1v) is 9.29. The van der Waals surface area contributed by atoms with Crippen LogP contribution in [0.1, 0.15) is 35.7 Å². The summed E-state index contributed by atoms with van der Waals surface area (Å²) in [5, 5.41) is 36.3. The number of hydrogen-bond acceptors (Lipinski definition) is 7. The summed E-state index contributed by atoms with van der Waals surface area (Å²) < 4.78 is 5.00. The lowest BCUT2D eigenvalue weighted by atomic mass is 10.0. The second kappa shape index (κ2) is 8.66. The molecule has 2 aromatic carbocycles. The maximum atomic E-state index is 13.1. The topological polar surface area (TPSA) is 143 Å². The highest BCUT2D eigenvalue weighted by molar-refractivity contribution is 6.32. The third kappa shape index (κ3) is 4.22. The van der Waals surface area contributed by atoms with Crippen molar-refractivity contribution in [3.63, 3.8) is 0 Å². The minimum absolute atomic E-state index is 0.00367. The number of methoxy groups -OCH3 is 1. The number of aromatic hydroxyl groups is 1. The average molecular weight is 425 g/mol. The van der Waals surface area contributed by atoms with E-state index in [2.05, 4.69) is 5.10 Å². The minimum atomic E-state index is -1.14. The van der Waals surface area contributed by atoms with Gasteiger partial charge in [0.1, 0.15) is 0 Å². The molecule has 31 heavy (non-hydrogen) atoms. The highest BCUT2D eigenvalue weighted by Crippen LogP contribution is 2.37. The number of aromatic carboxylic acids is 1. The first kappa shape index (κ1) is 21.5. The van der Waals surface area contributed by atoms with Crippen LogP contribution >= 0.6 is 0 Å². The fourth-order valence-electron chi connectivity index (χ4n) is 3.11. The van der Waals surface area contributed by atoms with Crippen LogP contribution in [0, 0.1) is 10.1 Å². The fraction of sp³-hybridized carbons (Fsp3) is 0.190. The van der Waals surface area contributed by atoms with E-state index in [-0.39, 0.29) is 39.6 Å². The molecule has 0 unspecified atom stereocenters. The van der Waals surface area contributed by atoms with Crippen LogP contribution < -0.4 is 9.75 Å². The molecule has 0 fully saturated rings. The number of benzene rings is 2. The predicted octanol–water partition coefficient (Wildman–Crippen LogP) is 3.59. The van der Waals surface area contributed by atoms with Crippen LogP contribution in [-0.2, 0) is 4.79 Å². The smallest absolute Gasteiger partial charge is 0.335 e. The van der Waals surface area contributed by atoms with E-state index >= 15 is 0 Å². The quantitative estimate of drug-likeness (QED) is 0.392. The molecule has 10 nitrogen and oxygen atoms in total. The number of carboxylic acids is 1. The number of nitro groups is 1. The molecule has 2 N–H and O–H groups in total. The van der Waals surface area contributed by atoms with Gasteiger partial charge in [0.05, 0.1) is 40.6 Å². The lowest BCUT2D eigenvalue weighted by Crippen LogP contribution is -2.21. The second-order valence-electron chi connectivity index (χ2n) is 6.67. The molecule has 0 aliphatic carbocycles. The first-order valence-electron chi connectivity index (χ1n) is 9.29. The van der Waals surface area contributed by atoms with Gasteiger partial charge in [0.25, 0.3) is 11.6 Å². The number of carbonyl (C=O) groups excluding carboxylic acids is 1. The van der Waals surface area contributed by atoms with Crippen LogP contribution in [0.25, 0.3) is 6.08 Å². The third-order valence-electron chi connectivity index (χ3n) is 4.60. The van der Waals surface area contributed by atoms with Crippen molar-refractivity contribution in [2.45, 2.75) is 19.8 Å². The van der Waals surface area contributed by atoms with E-state index < -0.39 is 16.8 Å². The van der Waals surface area contributed by atoms with Crippen molar-refractivity contribution in [1.29, 1.82) is 0 Å². The zero-order chi connectivity index (χ0) is 22.7. The minimum Gasteiger partial charge on any atom is -0.504 e. The van der Waals surface area contributed by atoms with Gasteiger partial charge >= 0.3 is 5.97 Å². The van der Waals surface area contributed by atoms with Gasteiger partial charge in [-0.15, -0.1) is 0 Å². The van der Waals surface area contributed by atoms with Crippen molar-refractivity contribution in [1.82, 2.24) is 0 Å². The van der Waals surface area contributed by atoms with Crippen LogP contribution in [-0.4, -0.2) is 39.8 Å². The normalized spacial score (nSPS) is 14.6. The van der Waals surface area contributed by atoms with Crippen LogP contribution in [0.15, 0.2) is 47.1 Å². The van der Waals surface area contributed by atoms with Gasteiger partial charge in [-0.1, -0.05) is 19.4 Å². The molecule has 3 rings (SSSR count). The maximum Gasteiger partial charge on any atom is 0.335 e. The number of ether oxygens (including phenoxy) is 1. The molecular weight excluding hydrogens is 406 g/mol. The number of nitro benzene ring substituents is 1. The van der Waals surface area contributed by atoms with Gasteiger partial charge in [-0.2, -0.15) is 10.1 Å².